The van der Waals surface area contributed by atoms with Crippen molar-refractivity contribution >= 4 is 13.2 Å². The maximum atomic E-state index is 12.4. The van der Waals surface area contributed by atoms with Gasteiger partial charge in [0.1, 0.15) is 13.0 Å². The summed E-state index contributed by atoms with van der Waals surface area (Å²) in [6, 6.07) is 0. The lowest BCUT2D eigenvalue weighted by atomic mass is 9.35. The Balaban J connectivity index is 1.42. The van der Waals surface area contributed by atoms with E-state index in [-0.39, 0.29) is 18.1 Å². The van der Waals surface area contributed by atoms with Crippen molar-refractivity contribution in [2.24, 2.45) is 11.3 Å². The van der Waals surface area contributed by atoms with Gasteiger partial charge < -0.3 is 10.1 Å². The van der Waals surface area contributed by atoms with Crippen LogP contribution in [-0.2, 0) is 9.53 Å². The largest absolute Gasteiger partial charge is 0.484 e. The lowest BCUT2D eigenvalue weighted by Crippen LogP contribution is -2.76. The van der Waals surface area contributed by atoms with Crippen LogP contribution in [0.1, 0.15) is 57.8 Å². The molecule has 4 saturated carbocycles. The van der Waals surface area contributed by atoms with E-state index in [0.29, 0.717) is 11.2 Å². The molecule has 4 fully saturated rings. The van der Waals surface area contributed by atoms with Crippen LogP contribution in [0.25, 0.3) is 0 Å². The monoisotopic (exact) mass is 381 g/mol. The molecule has 0 unspecified atom stereocenters. The van der Waals surface area contributed by atoms with E-state index in [9.17, 15) is 4.79 Å². The smallest absolute Gasteiger partial charge is 0.258 e. The van der Waals surface area contributed by atoms with E-state index in [1.165, 1.54) is 65.1 Å². The van der Waals surface area contributed by atoms with Crippen molar-refractivity contribution in [1.29, 1.82) is 0 Å². The van der Waals surface area contributed by atoms with E-state index >= 15 is 0 Å². The van der Waals surface area contributed by atoms with Crippen LogP contribution < -0.4 is 5.32 Å². The molecule has 28 heavy (non-hydrogen) atoms. The van der Waals surface area contributed by atoms with Crippen LogP contribution in [0.4, 0.5) is 0 Å². The molecule has 0 atom stereocenters. The van der Waals surface area contributed by atoms with Crippen molar-refractivity contribution in [2.75, 3.05) is 6.61 Å². The minimum absolute atomic E-state index is 0.0151. The Hall–Kier alpha value is -1.71. The summed E-state index contributed by atoms with van der Waals surface area (Å²) in [5.41, 5.74) is 0.599. The number of carbonyl (C=O) groups excluding carboxylic acids is 1. The Morgan fingerprint density at radius 1 is 1.14 bits per heavy atom. The topological polar surface area (TPSA) is 38.3 Å². The minimum Gasteiger partial charge on any atom is -0.484 e. The highest BCUT2D eigenvalue weighted by molar-refractivity contribution is 6.35. The van der Waals surface area contributed by atoms with Gasteiger partial charge >= 0.3 is 0 Å². The molecule has 0 saturated heterocycles. The summed E-state index contributed by atoms with van der Waals surface area (Å²) < 4.78 is 5.61. The first-order valence-electron chi connectivity index (χ1n) is 11.1. The highest BCUT2D eigenvalue weighted by Gasteiger charge is 2.70. The minimum atomic E-state index is -0.0151. The molecule has 3 nitrogen and oxygen atoms in total. The molecule has 4 aliphatic rings. The second kappa shape index (κ2) is 9.20. The van der Waals surface area contributed by atoms with Crippen molar-refractivity contribution in [3.8, 4) is 0 Å². The van der Waals surface area contributed by atoms with E-state index in [1.54, 1.807) is 30.4 Å². The number of hydrogen-bond acceptors (Lipinski definition) is 2. The first kappa shape index (κ1) is 21.0. The van der Waals surface area contributed by atoms with Crippen LogP contribution >= 0.6 is 0 Å². The van der Waals surface area contributed by atoms with Crippen molar-refractivity contribution in [2.45, 2.75) is 76.0 Å². The van der Waals surface area contributed by atoms with E-state index in [1.807, 2.05) is 0 Å². The van der Waals surface area contributed by atoms with Crippen molar-refractivity contribution in [3.63, 3.8) is 0 Å². The summed E-state index contributed by atoms with van der Waals surface area (Å²) >= 11 is 0. The zero-order valence-electron chi connectivity index (χ0n) is 17.6. The Morgan fingerprint density at radius 2 is 1.82 bits per heavy atom. The number of nitrogens with one attached hydrogen (secondary N) is 1. The fourth-order valence-corrected chi connectivity index (χ4v) is 5.96. The standard InChI is InChI=1S/C24H36BNO2/c1-4-6-14-21(9-5-2)28-15-22(27)26-24-16-23(17-24,18-24)19-10-7-12-20(25-3)13-8-11-19/h4-6,9,14,19-20,25H,1-2,7-8,10-13,15-18H2,3H3,(H,26,27)/b14-6-,21-9+. The van der Waals surface area contributed by atoms with E-state index in [2.05, 4.69) is 25.3 Å². The van der Waals surface area contributed by atoms with Gasteiger partial charge in [0, 0.05) is 5.54 Å². The molecule has 0 heterocycles. The summed E-state index contributed by atoms with van der Waals surface area (Å²) in [7, 11) is 1.35. The first-order chi connectivity index (χ1) is 13.5. The van der Waals surface area contributed by atoms with Gasteiger partial charge in [-0.15, -0.1) is 0 Å². The van der Waals surface area contributed by atoms with Gasteiger partial charge in [-0.25, -0.2) is 0 Å². The molecule has 0 aromatic heterocycles. The second-order valence-corrected chi connectivity index (χ2v) is 9.24. The number of allylic oxidation sites excluding steroid dienone is 5. The molecule has 0 aliphatic heterocycles. The molecule has 0 radical (unpaired) electrons. The third-order valence-corrected chi connectivity index (χ3v) is 7.30. The summed E-state index contributed by atoms with van der Waals surface area (Å²) in [5, 5.41) is 3.26. The number of rotatable bonds is 9. The van der Waals surface area contributed by atoms with Crippen LogP contribution in [0.15, 0.2) is 49.3 Å². The summed E-state index contributed by atoms with van der Waals surface area (Å²) in [4.78, 5) is 12.4. The van der Waals surface area contributed by atoms with Crippen LogP contribution in [0.3, 0.4) is 0 Å². The molecule has 0 aromatic rings. The third kappa shape index (κ3) is 4.64. The van der Waals surface area contributed by atoms with Crippen LogP contribution in [0.5, 0.6) is 0 Å². The maximum absolute atomic E-state index is 12.4. The quantitative estimate of drug-likeness (QED) is 0.343. The van der Waals surface area contributed by atoms with Crippen LogP contribution in [0, 0.1) is 11.3 Å². The Kier molecular flexibility index (Phi) is 6.90. The zero-order valence-corrected chi connectivity index (χ0v) is 17.6. The molecular formula is C24H36BNO2. The highest BCUT2D eigenvalue weighted by Crippen LogP contribution is 2.72. The molecule has 4 rings (SSSR count). The number of ether oxygens (including phenoxy) is 1. The van der Waals surface area contributed by atoms with Gasteiger partial charge in [0.25, 0.3) is 5.91 Å². The van der Waals surface area contributed by atoms with Gasteiger partial charge in [0.05, 0.1) is 0 Å². The number of amides is 1. The molecular weight excluding hydrogens is 345 g/mol. The van der Waals surface area contributed by atoms with Gasteiger partial charge in [0.15, 0.2) is 6.61 Å². The fourth-order valence-electron chi connectivity index (χ4n) is 5.96. The molecule has 0 spiro atoms. The predicted octanol–water partition coefficient (Wildman–Crippen LogP) is 5.10. The molecule has 1 N–H and O–H groups in total. The Bertz CT molecular complexity index is 621. The van der Waals surface area contributed by atoms with Crippen molar-refractivity contribution in [3.05, 3.63) is 49.3 Å². The summed E-state index contributed by atoms with van der Waals surface area (Å²) in [6.07, 6.45) is 20.6. The number of carbonyl (C=O) groups is 1. The summed E-state index contributed by atoms with van der Waals surface area (Å²) in [6.45, 7) is 9.72. The molecule has 0 aromatic carbocycles. The van der Waals surface area contributed by atoms with Gasteiger partial charge in [-0.05, 0) is 55.6 Å². The van der Waals surface area contributed by atoms with Crippen molar-refractivity contribution in [1.82, 2.24) is 5.32 Å². The second-order valence-electron chi connectivity index (χ2n) is 9.24. The molecule has 4 aliphatic carbocycles. The first-order valence-corrected chi connectivity index (χ1v) is 11.1. The third-order valence-electron chi connectivity index (χ3n) is 7.30. The normalized spacial score (nSPS) is 35.0. The molecule has 1 amide bonds. The average Bonchev–Trinajstić information content (AvgIpc) is 2.60. The van der Waals surface area contributed by atoms with Gasteiger partial charge in [-0.2, -0.15) is 0 Å². The highest BCUT2D eigenvalue weighted by atomic mass is 16.5. The van der Waals surface area contributed by atoms with Crippen molar-refractivity contribution < 1.29 is 9.53 Å². The summed E-state index contributed by atoms with van der Waals surface area (Å²) in [5.74, 6) is 2.45. The molecule has 2 bridgehead atoms. The van der Waals surface area contributed by atoms with Gasteiger partial charge in [0.2, 0.25) is 0 Å². The van der Waals surface area contributed by atoms with Gasteiger partial charge in [-0.3, -0.25) is 4.79 Å². The lowest BCUT2D eigenvalue weighted by molar-refractivity contribution is -0.198. The fraction of sp³-hybridized carbons (Fsp3) is 0.625. The zero-order chi connectivity index (χ0) is 20.0. The van der Waals surface area contributed by atoms with Crippen LogP contribution in [0.2, 0.25) is 12.6 Å². The lowest BCUT2D eigenvalue weighted by Gasteiger charge is -2.73. The SMILES string of the molecule is C=C/C=C\C(=C/C=C)OCC(=O)NC12CC(C3CCCC(BC)CCC3)(C1)C2. The van der Waals surface area contributed by atoms with Crippen LogP contribution in [-0.4, -0.2) is 25.3 Å². The Morgan fingerprint density at radius 3 is 2.39 bits per heavy atom. The number of hydrogen-bond donors (Lipinski definition) is 1. The predicted molar refractivity (Wildman–Crippen MR) is 119 cm³/mol. The van der Waals surface area contributed by atoms with E-state index < -0.39 is 0 Å². The average molecular weight is 381 g/mol. The van der Waals surface area contributed by atoms with Gasteiger partial charge in [-0.1, -0.05) is 69.7 Å². The Labute approximate surface area is 171 Å². The molecule has 4 heteroatoms. The molecule has 152 valence electrons. The van der Waals surface area contributed by atoms with E-state index in [4.69, 9.17) is 4.74 Å². The maximum Gasteiger partial charge on any atom is 0.258 e. The van der Waals surface area contributed by atoms with E-state index in [0.717, 1.165) is 11.7 Å².